The summed E-state index contributed by atoms with van der Waals surface area (Å²) in [6, 6.07) is 3.27. The van der Waals surface area contributed by atoms with Crippen LogP contribution in [0.1, 0.15) is 37.0 Å². The molecule has 1 unspecified atom stereocenters. The summed E-state index contributed by atoms with van der Waals surface area (Å²) < 4.78 is 27.7. The molecular weight excluding hydrogens is 306 g/mol. The predicted octanol–water partition coefficient (Wildman–Crippen LogP) is 2.61. The summed E-state index contributed by atoms with van der Waals surface area (Å²) in [5.41, 5.74) is 2.25. The van der Waals surface area contributed by atoms with E-state index in [1.165, 1.54) is 0 Å². The molecule has 21 heavy (non-hydrogen) atoms. The van der Waals surface area contributed by atoms with Crippen LogP contribution in [0.4, 0.5) is 0 Å². The van der Waals surface area contributed by atoms with Gasteiger partial charge in [0.15, 0.2) is 0 Å². The Balaban J connectivity index is 2.92. The van der Waals surface area contributed by atoms with Crippen molar-refractivity contribution >= 4 is 21.8 Å². The lowest BCUT2D eigenvalue weighted by Crippen LogP contribution is -2.33. The van der Waals surface area contributed by atoms with Crippen molar-refractivity contribution in [3.63, 3.8) is 0 Å². The van der Waals surface area contributed by atoms with E-state index in [0.717, 1.165) is 23.5 Å². The summed E-state index contributed by atoms with van der Waals surface area (Å²) >= 11 is 1.80. The Labute approximate surface area is 132 Å². The first-order chi connectivity index (χ1) is 9.81. The van der Waals surface area contributed by atoms with Crippen molar-refractivity contribution in [2.75, 3.05) is 11.5 Å². The molecule has 0 aliphatic heterocycles. The smallest absolute Gasteiger partial charge is 0.241 e. The molecule has 120 valence electrons. The maximum absolute atomic E-state index is 12.5. The molecule has 0 radical (unpaired) electrons. The average molecular weight is 332 g/mol. The standard InChI is InChI=1S/C15H25NO3S2/c1-5-20-7-6-13(4)16-21(18,19)15-9-14(10-17)11(2)8-12(15)3/h8-9,13,16-17H,5-7,10H2,1-4H3. The van der Waals surface area contributed by atoms with Gasteiger partial charge in [0.2, 0.25) is 10.0 Å². The lowest BCUT2D eigenvalue weighted by atomic mass is 10.1. The van der Waals surface area contributed by atoms with Crippen LogP contribution in [0, 0.1) is 13.8 Å². The zero-order chi connectivity index (χ0) is 16.0. The van der Waals surface area contributed by atoms with E-state index in [2.05, 4.69) is 11.6 Å². The number of hydrogen-bond donors (Lipinski definition) is 2. The number of benzene rings is 1. The van der Waals surface area contributed by atoms with Gasteiger partial charge in [0.25, 0.3) is 0 Å². The fraction of sp³-hybridized carbons (Fsp3) is 0.600. The molecule has 0 aromatic heterocycles. The van der Waals surface area contributed by atoms with Gasteiger partial charge in [-0.2, -0.15) is 11.8 Å². The molecule has 1 aromatic carbocycles. The quantitative estimate of drug-likeness (QED) is 0.719. The molecule has 0 spiro atoms. The summed E-state index contributed by atoms with van der Waals surface area (Å²) in [4.78, 5) is 0.257. The first-order valence-electron chi connectivity index (χ1n) is 7.12. The van der Waals surface area contributed by atoms with Crippen LogP contribution < -0.4 is 4.72 Å². The molecule has 0 saturated carbocycles. The molecule has 0 heterocycles. The third-order valence-electron chi connectivity index (χ3n) is 3.35. The molecule has 0 aliphatic carbocycles. The number of aryl methyl sites for hydroxylation is 2. The fourth-order valence-electron chi connectivity index (χ4n) is 2.13. The number of thioether (sulfide) groups is 1. The Morgan fingerprint density at radius 1 is 1.29 bits per heavy atom. The Morgan fingerprint density at radius 3 is 2.52 bits per heavy atom. The molecule has 0 fully saturated rings. The molecule has 1 atom stereocenters. The highest BCUT2D eigenvalue weighted by molar-refractivity contribution is 7.99. The van der Waals surface area contributed by atoms with Crippen LogP contribution >= 0.6 is 11.8 Å². The molecule has 4 nitrogen and oxygen atoms in total. The highest BCUT2D eigenvalue weighted by Crippen LogP contribution is 2.21. The van der Waals surface area contributed by atoms with Crippen molar-refractivity contribution < 1.29 is 13.5 Å². The normalized spacial score (nSPS) is 13.4. The van der Waals surface area contributed by atoms with Gasteiger partial charge < -0.3 is 5.11 Å². The number of sulfonamides is 1. The third-order valence-corrected chi connectivity index (χ3v) is 6.01. The van der Waals surface area contributed by atoms with E-state index in [-0.39, 0.29) is 17.5 Å². The second kappa shape index (κ2) is 8.17. The van der Waals surface area contributed by atoms with E-state index in [0.29, 0.717) is 11.1 Å². The van der Waals surface area contributed by atoms with Crippen LogP contribution in [-0.2, 0) is 16.6 Å². The SMILES string of the molecule is CCSCCC(C)NS(=O)(=O)c1cc(CO)c(C)cc1C. The molecule has 2 N–H and O–H groups in total. The van der Waals surface area contributed by atoms with Gasteiger partial charge in [0, 0.05) is 6.04 Å². The average Bonchev–Trinajstić information content (AvgIpc) is 2.38. The van der Waals surface area contributed by atoms with Gasteiger partial charge >= 0.3 is 0 Å². The van der Waals surface area contributed by atoms with Gasteiger partial charge in [-0.15, -0.1) is 0 Å². The summed E-state index contributed by atoms with van der Waals surface area (Å²) in [7, 11) is -3.55. The van der Waals surface area contributed by atoms with Crippen molar-refractivity contribution in [3.8, 4) is 0 Å². The fourth-order valence-corrected chi connectivity index (χ4v) is 4.49. The second-order valence-corrected chi connectivity index (χ2v) is 8.29. The zero-order valence-corrected chi connectivity index (χ0v) is 14.8. The zero-order valence-electron chi connectivity index (χ0n) is 13.1. The second-order valence-electron chi connectivity index (χ2n) is 5.21. The van der Waals surface area contributed by atoms with E-state index in [4.69, 9.17) is 0 Å². The topological polar surface area (TPSA) is 66.4 Å². The van der Waals surface area contributed by atoms with Crippen LogP contribution in [0.5, 0.6) is 0 Å². The van der Waals surface area contributed by atoms with Crippen molar-refractivity contribution in [3.05, 3.63) is 28.8 Å². The van der Waals surface area contributed by atoms with Crippen LogP contribution in [0.15, 0.2) is 17.0 Å². The third kappa shape index (κ3) is 5.29. The Kier molecular flexibility index (Phi) is 7.20. The largest absolute Gasteiger partial charge is 0.392 e. The summed E-state index contributed by atoms with van der Waals surface area (Å²) in [6.45, 7) is 7.46. The molecular formula is C15H25NO3S2. The Morgan fingerprint density at radius 2 is 1.95 bits per heavy atom. The van der Waals surface area contributed by atoms with Crippen LogP contribution in [0.3, 0.4) is 0 Å². The van der Waals surface area contributed by atoms with Gasteiger partial charge in [-0.05, 0) is 61.5 Å². The Hall–Kier alpha value is -0.560. The summed E-state index contributed by atoms with van der Waals surface area (Å²) in [5.74, 6) is 1.98. The maximum atomic E-state index is 12.5. The number of aliphatic hydroxyl groups is 1. The maximum Gasteiger partial charge on any atom is 0.241 e. The van der Waals surface area contributed by atoms with E-state index in [9.17, 15) is 13.5 Å². The lowest BCUT2D eigenvalue weighted by molar-refractivity contribution is 0.280. The summed E-state index contributed by atoms with van der Waals surface area (Å²) in [6.07, 6.45) is 0.801. The number of nitrogens with one attached hydrogen (secondary N) is 1. The highest BCUT2D eigenvalue weighted by Gasteiger charge is 2.20. The molecule has 0 bridgehead atoms. The van der Waals surface area contributed by atoms with Gasteiger partial charge in [0.1, 0.15) is 0 Å². The van der Waals surface area contributed by atoms with Crippen molar-refractivity contribution in [1.29, 1.82) is 0 Å². The van der Waals surface area contributed by atoms with E-state index in [1.807, 2.05) is 13.8 Å². The van der Waals surface area contributed by atoms with Crippen LogP contribution in [0.25, 0.3) is 0 Å². The van der Waals surface area contributed by atoms with E-state index >= 15 is 0 Å². The molecule has 0 saturated heterocycles. The lowest BCUT2D eigenvalue weighted by Gasteiger charge is -2.16. The monoisotopic (exact) mass is 331 g/mol. The van der Waals surface area contributed by atoms with Crippen molar-refractivity contribution in [2.45, 2.75) is 51.7 Å². The molecule has 1 aromatic rings. The van der Waals surface area contributed by atoms with E-state index < -0.39 is 10.0 Å². The minimum Gasteiger partial charge on any atom is -0.392 e. The first kappa shape index (κ1) is 18.5. The first-order valence-corrected chi connectivity index (χ1v) is 9.76. The van der Waals surface area contributed by atoms with Crippen LogP contribution in [0.2, 0.25) is 0 Å². The number of hydrogen-bond acceptors (Lipinski definition) is 4. The summed E-state index contributed by atoms with van der Waals surface area (Å²) in [5, 5.41) is 9.31. The van der Waals surface area contributed by atoms with Crippen LogP contribution in [-0.4, -0.2) is 31.1 Å². The molecule has 6 heteroatoms. The minimum absolute atomic E-state index is 0.104. The van der Waals surface area contributed by atoms with Gasteiger partial charge in [0.05, 0.1) is 11.5 Å². The van der Waals surface area contributed by atoms with Gasteiger partial charge in [-0.1, -0.05) is 13.0 Å². The number of aliphatic hydroxyl groups excluding tert-OH is 1. The highest BCUT2D eigenvalue weighted by atomic mass is 32.2. The molecule has 1 rings (SSSR count). The molecule has 0 aliphatic rings. The van der Waals surface area contributed by atoms with Crippen molar-refractivity contribution in [2.24, 2.45) is 0 Å². The number of rotatable bonds is 8. The predicted molar refractivity (Wildman–Crippen MR) is 89.2 cm³/mol. The Bertz CT molecular complexity index is 571. The molecule has 0 amide bonds. The van der Waals surface area contributed by atoms with E-state index in [1.54, 1.807) is 30.8 Å². The van der Waals surface area contributed by atoms with Gasteiger partial charge in [-0.3, -0.25) is 0 Å². The minimum atomic E-state index is -3.55. The van der Waals surface area contributed by atoms with Gasteiger partial charge in [-0.25, -0.2) is 13.1 Å². The van der Waals surface area contributed by atoms with Crippen molar-refractivity contribution in [1.82, 2.24) is 4.72 Å².